The predicted octanol–water partition coefficient (Wildman–Crippen LogP) is 3.99. The van der Waals surface area contributed by atoms with Crippen LogP contribution in [0.15, 0.2) is 18.2 Å². The SMILES string of the molecule is OCc1ccc(N2CCC[C@H]3CCCC[C@H]32)c(Cl)c1. The number of aliphatic hydroxyl groups is 1. The number of benzene rings is 1. The Bertz CT molecular complexity index is 446. The van der Waals surface area contributed by atoms with Crippen molar-refractivity contribution in [1.29, 1.82) is 0 Å². The molecule has 1 aliphatic heterocycles. The highest BCUT2D eigenvalue weighted by Gasteiger charge is 2.33. The number of halogens is 1. The molecule has 0 radical (unpaired) electrons. The van der Waals surface area contributed by atoms with E-state index in [0.717, 1.165) is 28.7 Å². The fraction of sp³-hybridized carbons (Fsp3) is 0.625. The number of piperidine rings is 1. The van der Waals surface area contributed by atoms with E-state index in [1.165, 1.54) is 38.5 Å². The first-order valence-corrected chi connectivity index (χ1v) is 7.83. The lowest BCUT2D eigenvalue weighted by atomic mass is 9.78. The zero-order valence-electron chi connectivity index (χ0n) is 11.3. The Labute approximate surface area is 120 Å². The zero-order valence-corrected chi connectivity index (χ0v) is 12.1. The Kier molecular flexibility index (Phi) is 3.99. The van der Waals surface area contributed by atoms with Crippen LogP contribution in [0.3, 0.4) is 0 Å². The van der Waals surface area contributed by atoms with Crippen LogP contribution in [0.5, 0.6) is 0 Å². The first-order valence-electron chi connectivity index (χ1n) is 7.45. The Morgan fingerprint density at radius 2 is 1.95 bits per heavy atom. The topological polar surface area (TPSA) is 23.5 Å². The number of nitrogens with zero attached hydrogens (tertiary/aromatic N) is 1. The number of fused-ring (bicyclic) bond motifs is 1. The summed E-state index contributed by atoms with van der Waals surface area (Å²) in [6, 6.07) is 6.67. The molecule has 1 heterocycles. The minimum atomic E-state index is 0.0616. The molecule has 1 aromatic rings. The van der Waals surface area contributed by atoms with E-state index in [2.05, 4.69) is 11.0 Å². The van der Waals surface area contributed by atoms with Crippen LogP contribution in [0.1, 0.15) is 44.1 Å². The molecule has 1 aromatic carbocycles. The van der Waals surface area contributed by atoms with Gasteiger partial charge in [-0.3, -0.25) is 0 Å². The highest BCUT2D eigenvalue weighted by Crippen LogP contribution is 2.40. The van der Waals surface area contributed by atoms with Crippen molar-refractivity contribution in [3.8, 4) is 0 Å². The van der Waals surface area contributed by atoms with Crippen molar-refractivity contribution in [2.45, 2.75) is 51.2 Å². The largest absolute Gasteiger partial charge is 0.392 e. The molecule has 2 fully saturated rings. The average Bonchev–Trinajstić information content (AvgIpc) is 2.46. The quantitative estimate of drug-likeness (QED) is 0.885. The van der Waals surface area contributed by atoms with Gasteiger partial charge in [-0.2, -0.15) is 0 Å². The van der Waals surface area contributed by atoms with E-state index in [4.69, 9.17) is 11.6 Å². The van der Waals surface area contributed by atoms with Crippen molar-refractivity contribution in [1.82, 2.24) is 0 Å². The van der Waals surface area contributed by atoms with Gasteiger partial charge in [-0.1, -0.05) is 30.5 Å². The third-order valence-electron chi connectivity index (χ3n) is 4.75. The van der Waals surface area contributed by atoms with E-state index in [9.17, 15) is 5.11 Å². The van der Waals surface area contributed by atoms with E-state index < -0.39 is 0 Å². The van der Waals surface area contributed by atoms with Crippen molar-refractivity contribution < 1.29 is 5.11 Å². The van der Waals surface area contributed by atoms with Crippen LogP contribution in [-0.2, 0) is 6.61 Å². The third kappa shape index (κ3) is 2.61. The molecule has 1 saturated heterocycles. The summed E-state index contributed by atoms with van der Waals surface area (Å²) >= 11 is 6.42. The van der Waals surface area contributed by atoms with Crippen LogP contribution < -0.4 is 4.90 Å². The molecule has 3 rings (SSSR count). The molecule has 1 N–H and O–H groups in total. The number of hydrogen-bond donors (Lipinski definition) is 1. The predicted molar refractivity (Wildman–Crippen MR) is 79.7 cm³/mol. The smallest absolute Gasteiger partial charge is 0.0682 e. The molecule has 1 saturated carbocycles. The molecule has 104 valence electrons. The Hall–Kier alpha value is -0.730. The van der Waals surface area contributed by atoms with Gasteiger partial charge in [-0.15, -0.1) is 0 Å². The lowest BCUT2D eigenvalue weighted by molar-refractivity contribution is 0.244. The van der Waals surface area contributed by atoms with Crippen molar-refractivity contribution in [3.05, 3.63) is 28.8 Å². The minimum absolute atomic E-state index is 0.0616. The van der Waals surface area contributed by atoms with Crippen LogP contribution >= 0.6 is 11.6 Å². The molecule has 2 nitrogen and oxygen atoms in total. The molecule has 1 aliphatic carbocycles. The maximum Gasteiger partial charge on any atom is 0.0682 e. The first kappa shape index (κ1) is 13.3. The average molecular weight is 280 g/mol. The molecule has 0 aromatic heterocycles. The van der Waals surface area contributed by atoms with Gasteiger partial charge in [0.05, 0.1) is 17.3 Å². The second-order valence-electron chi connectivity index (χ2n) is 5.89. The molecular formula is C16H22ClNO. The summed E-state index contributed by atoms with van der Waals surface area (Å²) in [5, 5.41) is 9.97. The molecule has 2 aliphatic rings. The maximum atomic E-state index is 9.18. The monoisotopic (exact) mass is 279 g/mol. The zero-order chi connectivity index (χ0) is 13.2. The maximum absolute atomic E-state index is 9.18. The van der Waals surface area contributed by atoms with Gasteiger partial charge < -0.3 is 10.0 Å². The van der Waals surface area contributed by atoms with Crippen molar-refractivity contribution in [2.24, 2.45) is 5.92 Å². The summed E-state index contributed by atoms with van der Waals surface area (Å²) in [7, 11) is 0. The standard InChI is InChI=1S/C16H22ClNO/c17-14-10-12(11-19)7-8-16(14)18-9-3-5-13-4-1-2-6-15(13)18/h7-8,10,13,15,19H,1-6,9,11H2/t13-,15-/m1/s1. The minimum Gasteiger partial charge on any atom is -0.392 e. The second kappa shape index (κ2) is 5.72. The van der Waals surface area contributed by atoms with Gasteiger partial charge in [0.15, 0.2) is 0 Å². The summed E-state index contributed by atoms with van der Waals surface area (Å²) in [6.07, 6.45) is 8.10. The van der Waals surface area contributed by atoms with Crippen LogP contribution in [-0.4, -0.2) is 17.7 Å². The Morgan fingerprint density at radius 1 is 1.16 bits per heavy atom. The van der Waals surface area contributed by atoms with Crippen molar-refractivity contribution in [3.63, 3.8) is 0 Å². The Morgan fingerprint density at radius 3 is 2.74 bits per heavy atom. The van der Waals surface area contributed by atoms with E-state index in [-0.39, 0.29) is 6.61 Å². The summed E-state index contributed by atoms with van der Waals surface area (Å²) in [5.41, 5.74) is 2.06. The van der Waals surface area contributed by atoms with E-state index in [1.807, 2.05) is 12.1 Å². The van der Waals surface area contributed by atoms with Crippen molar-refractivity contribution in [2.75, 3.05) is 11.4 Å². The molecule has 2 atom stereocenters. The molecule has 19 heavy (non-hydrogen) atoms. The molecular weight excluding hydrogens is 258 g/mol. The summed E-state index contributed by atoms with van der Waals surface area (Å²) in [5.74, 6) is 0.857. The van der Waals surface area contributed by atoms with E-state index >= 15 is 0 Å². The van der Waals surface area contributed by atoms with Gasteiger partial charge in [0.2, 0.25) is 0 Å². The molecule has 0 unspecified atom stereocenters. The molecule has 0 bridgehead atoms. The summed E-state index contributed by atoms with van der Waals surface area (Å²) in [6.45, 7) is 1.19. The van der Waals surface area contributed by atoms with Gasteiger partial charge >= 0.3 is 0 Å². The van der Waals surface area contributed by atoms with Gasteiger partial charge in [-0.25, -0.2) is 0 Å². The number of hydrogen-bond acceptors (Lipinski definition) is 2. The first-order chi connectivity index (χ1) is 9.29. The summed E-state index contributed by atoms with van der Waals surface area (Å²) < 4.78 is 0. The summed E-state index contributed by atoms with van der Waals surface area (Å²) in [4.78, 5) is 2.52. The fourth-order valence-electron chi connectivity index (χ4n) is 3.81. The number of aliphatic hydroxyl groups excluding tert-OH is 1. The van der Waals surface area contributed by atoms with Crippen LogP contribution in [0, 0.1) is 5.92 Å². The van der Waals surface area contributed by atoms with Gasteiger partial charge in [0.1, 0.15) is 0 Å². The lowest BCUT2D eigenvalue weighted by Gasteiger charge is -2.45. The normalized spacial score (nSPS) is 27.2. The lowest BCUT2D eigenvalue weighted by Crippen LogP contribution is -2.47. The highest BCUT2D eigenvalue weighted by atomic mass is 35.5. The van der Waals surface area contributed by atoms with E-state index in [0.29, 0.717) is 6.04 Å². The fourth-order valence-corrected chi connectivity index (χ4v) is 4.12. The second-order valence-corrected chi connectivity index (χ2v) is 6.30. The van der Waals surface area contributed by atoms with Crippen LogP contribution in [0.2, 0.25) is 5.02 Å². The molecule has 0 amide bonds. The third-order valence-corrected chi connectivity index (χ3v) is 5.05. The van der Waals surface area contributed by atoms with Crippen molar-refractivity contribution >= 4 is 17.3 Å². The van der Waals surface area contributed by atoms with Gasteiger partial charge in [-0.05, 0) is 49.3 Å². The van der Waals surface area contributed by atoms with E-state index in [1.54, 1.807) is 0 Å². The number of rotatable bonds is 2. The molecule has 0 spiro atoms. The highest BCUT2D eigenvalue weighted by molar-refractivity contribution is 6.33. The van der Waals surface area contributed by atoms with Gasteiger partial charge in [0, 0.05) is 12.6 Å². The van der Waals surface area contributed by atoms with Crippen LogP contribution in [0.4, 0.5) is 5.69 Å². The molecule has 3 heteroatoms. The van der Waals surface area contributed by atoms with Gasteiger partial charge in [0.25, 0.3) is 0 Å². The number of anilines is 1. The van der Waals surface area contributed by atoms with Crippen LogP contribution in [0.25, 0.3) is 0 Å². The Balaban J connectivity index is 1.87.